The van der Waals surface area contributed by atoms with Gasteiger partial charge in [0.25, 0.3) is 5.91 Å². The molecule has 0 saturated carbocycles. The second-order valence-corrected chi connectivity index (χ2v) is 6.31. The first-order valence-electron chi connectivity index (χ1n) is 8.42. The Kier molecular flexibility index (Phi) is 7.16. The Bertz CT molecular complexity index is 746. The fourth-order valence-corrected chi connectivity index (χ4v) is 2.65. The Labute approximate surface area is 159 Å². The molecule has 1 amide bonds. The summed E-state index contributed by atoms with van der Waals surface area (Å²) in [6, 6.07) is 11.0. The number of amides is 1. The highest BCUT2D eigenvalue weighted by molar-refractivity contribution is 6.32. The van der Waals surface area contributed by atoms with Crippen molar-refractivity contribution in [1.29, 1.82) is 0 Å². The van der Waals surface area contributed by atoms with Crippen molar-refractivity contribution in [2.45, 2.75) is 26.2 Å². The summed E-state index contributed by atoms with van der Waals surface area (Å²) in [7, 11) is 3.01. The first-order valence-corrected chi connectivity index (χ1v) is 8.80. The number of halogens is 1. The van der Waals surface area contributed by atoms with Gasteiger partial charge in [-0.1, -0.05) is 37.6 Å². The molecule has 2 aromatic carbocycles. The van der Waals surface area contributed by atoms with Gasteiger partial charge in [-0.05, 0) is 30.0 Å². The van der Waals surface area contributed by atoms with E-state index in [-0.39, 0.29) is 12.5 Å². The Morgan fingerprint density at radius 1 is 1.12 bits per heavy atom. The van der Waals surface area contributed by atoms with Crippen molar-refractivity contribution in [3.63, 3.8) is 0 Å². The number of carbonyl (C=O) groups is 1. The topological polar surface area (TPSA) is 56.8 Å². The molecule has 1 atom stereocenters. The number of nitrogens with one attached hydrogen (secondary N) is 1. The molecule has 5 nitrogen and oxygen atoms in total. The summed E-state index contributed by atoms with van der Waals surface area (Å²) in [4.78, 5) is 12.2. The van der Waals surface area contributed by atoms with Gasteiger partial charge >= 0.3 is 0 Å². The summed E-state index contributed by atoms with van der Waals surface area (Å²) in [6.45, 7) is 4.22. The minimum absolute atomic E-state index is 0.114. The molecule has 0 spiro atoms. The van der Waals surface area contributed by atoms with Crippen molar-refractivity contribution in [3.05, 3.63) is 47.0 Å². The van der Waals surface area contributed by atoms with E-state index in [9.17, 15) is 4.79 Å². The van der Waals surface area contributed by atoms with E-state index >= 15 is 0 Å². The molecule has 0 bridgehead atoms. The molecule has 0 aliphatic heterocycles. The first kappa shape index (κ1) is 19.9. The minimum Gasteiger partial charge on any atom is -0.495 e. The van der Waals surface area contributed by atoms with Gasteiger partial charge in [-0.2, -0.15) is 0 Å². The standard InChI is InChI=1S/C20H24ClNO4/c1-5-13(2)14-6-8-15(9-7-14)26-12-20(23)22-17-11-18(24-3)16(21)10-19(17)25-4/h6-11,13H,5,12H2,1-4H3,(H,22,23). The lowest BCUT2D eigenvalue weighted by Crippen LogP contribution is -2.20. The summed E-state index contributed by atoms with van der Waals surface area (Å²) in [5.41, 5.74) is 1.72. The van der Waals surface area contributed by atoms with Crippen LogP contribution in [-0.4, -0.2) is 26.7 Å². The molecular formula is C20H24ClNO4. The molecule has 0 heterocycles. The second-order valence-electron chi connectivity index (χ2n) is 5.90. The van der Waals surface area contributed by atoms with Gasteiger partial charge in [-0.25, -0.2) is 0 Å². The molecule has 0 fully saturated rings. The summed E-state index contributed by atoms with van der Waals surface area (Å²) in [6.07, 6.45) is 1.08. The molecule has 1 N–H and O–H groups in total. The average molecular weight is 378 g/mol. The third kappa shape index (κ3) is 5.05. The summed E-state index contributed by atoms with van der Waals surface area (Å²) in [5.74, 6) is 1.73. The van der Waals surface area contributed by atoms with Gasteiger partial charge in [0.15, 0.2) is 6.61 Å². The Balaban J connectivity index is 1.99. The lowest BCUT2D eigenvalue weighted by molar-refractivity contribution is -0.118. The van der Waals surface area contributed by atoms with Crippen molar-refractivity contribution in [1.82, 2.24) is 0 Å². The maximum atomic E-state index is 12.2. The second kappa shape index (κ2) is 9.34. The van der Waals surface area contributed by atoms with Crippen LogP contribution in [0.25, 0.3) is 0 Å². The largest absolute Gasteiger partial charge is 0.495 e. The fourth-order valence-electron chi connectivity index (χ4n) is 2.42. The third-order valence-corrected chi connectivity index (χ3v) is 4.47. The van der Waals surface area contributed by atoms with Crippen LogP contribution in [0, 0.1) is 0 Å². The van der Waals surface area contributed by atoms with Crippen LogP contribution >= 0.6 is 11.6 Å². The van der Waals surface area contributed by atoms with E-state index in [1.54, 1.807) is 12.1 Å². The number of anilines is 1. The summed E-state index contributed by atoms with van der Waals surface area (Å²) >= 11 is 6.06. The maximum absolute atomic E-state index is 12.2. The molecule has 0 aliphatic rings. The average Bonchev–Trinajstić information content (AvgIpc) is 2.67. The molecule has 0 radical (unpaired) electrons. The molecule has 0 aliphatic carbocycles. The monoisotopic (exact) mass is 377 g/mol. The summed E-state index contributed by atoms with van der Waals surface area (Å²) in [5, 5.41) is 3.15. The van der Waals surface area contributed by atoms with Crippen molar-refractivity contribution in [3.8, 4) is 17.2 Å². The predicted octanol–water partition coefficient (Wildman–Crippen LogP) is 4.89. The van der Waals surface area contributed by atoms with Gasteiger partial charge in [-0.15, -0.1) is 0 Å². The minimum atomic E-state index is -0.307. The van der Waals surface area contributed by atoms with E-state index < -0.39 is 0 Å². The number of benzene rings is 2. The zero-order chi connectivity index (χ0) is 19.1. The first-order chi connectivity index (χ1) is 12.5. The van der Waals surface area contributed by atoms with Crippen molar-refractivity contribution in [2.75, 3.05) is 26.1 Å². The highest BCUT2D eigenvalue weighted by Crippen LogP contribution is 2.35. The Hall–Kier alpha value is -2.40. The van der Waals surface area contributed by atoms with Crippen LogP contribution in [0.3, 0.4) is 0 Å². The Morgan fingerprint density at radius 3 is 2.35 bits per heavy atom. The zero-order valence-electron chi connectivity index (χ0n) is 15.5. The highest BCUT2D eigenvalue weighted by atomic mass is 35.5. The van der Waals surface area contributed by atoms with E-state index in [4.69, 9.17) is 25.8 Å². The van der Waals surface area contributed by atoms with Crippen LogP contribution < -0.4 is 19.5 Å². The van der Waals surface area contributed by atoms with E-state index in [1.165, 1.54) is 19.8 Å². The quantitative estimate of drug-likeness (QED) is 0.711. The van der Waals surface area contributed by atoms with E-state index in [2.05, 4.69) is 19.2 Å². The van der Waals surface area contributed by atoms with Gasteiger partial charge in [-0.3, -0.25) is 4.79 Å². The smallest absolute Gasteiger partial charge is 0.262 e. The number of ether oxygens (including phenoxy) is 3. The van der Waals surface area contributed by atoms with Crippen LogP contribution in [-0.2, 0) is 4.79 Å². The molecule has 0 saturated heterocycles. The number of methoxy groups -OCH3 is 2. The van der Waals surface area contributed by atoms with Gasteiger partial charge in [0.1, 0.15) is 17.2 Å². The van der Waals surface area contributed by atoms with Crippen LogP contribution in [0.4, 0.5) is 5.69 Å². The van der Waals surface area contributed by atoms with E-state index in [1.807, 2.05) is 24.3 Å². The van der Waals surface area contributed by atoms with Crippen LogP contribution in [0.5, 0.6) is 17.2 Å². The normalized spacial score (nSPS) is 11.6. The molecule has 2 rings (SSSR count). The van der Waals surface area contributed by atoms with Crippen LogP contribution in [0.15, 0.2) is 36.4 Å². The zero-order valence-corrected chi connectivity index (χ0v) is 16.2. The lowest BCUT2D eigenvalue weighted by Gasteiger charge is -2.14. The molecule has 1 unspecified atom stereocenters. The molecule has 2 aromatic rings. The fraction of sp³-hybridized carbons (Fsp3) is 0.350. The van der Waals surface area contributed by atoms with Gasteiger partial charge in [0, 0.05) is 12.1 Å². The van der Waals surface area contributed by atoms with Crippen molar-refractivity contribution < 1.29 is 19.0 Å². The van der Waals surface area contributed by atoms with Crippen LogP contribution in [0.1, 0.15) is 31.7 Å². The van der Waals surface area contributed by atoms with Crippen molar-refractivity contribution in [2.24, 2.45) is 0 Å². The van der Waals surface area contributed by atoms with Crippen molar-refractivity contribution >= 4 is 23.2 Å². The molecule has 0 aromatic heterocycles. The predicted molar refractivity (Wildman–Crippen MR) is 104 cm³/mol. The molecule has 6 heteroatoms. The molecule has 26 heavy (non-hydrogen) atoms. The molecular weight excluding hydrogens is 354 g/mol. The van der Waals surface area contributed by atoms with Gasteiger partial charge in [0.2, 0.25) is 0 Å². The highest BCUT2D eigenvalue weighted by Gasteiger charge is 2.13. The maximum Gasteiger partial charge on any atom is 0.262 e. The number of hydrogen-bond acceptors (Lipinski definition) is 4. The number of hydrogen-bond donors (Lipinski definition) is 1. The third-order valence-electron chi connectivity index (χ3n) is 4.18. The van der Waals surface area contributed by atoms with E-state index in [0.717, 1.165) is 6.42 Å². The molecule has 140 valence electrons. The Morgan fingerprint density at radius 2 is 1.77 bits per heavy atom. The van der Waals surface area contributed by atoms with E-state index in [0.29, 0.717) is 33.9 Å². The SMILES string of the molecule is CCC(C)c1ccc(OCC(=O)Nc2cc(OC)c(Cl)cc2OC)cc1. The lowest BCUT2D eigenvalue weighted by atomic mass is 9.99. The number of rotatable bonds is 8. The summed E-state index contributed by atoms with van der Waals surface area (Å²) < 4.78 is 16.0. The van der Waals surface area contributed by atoms with Crippen LogP contribution in [0.2, 0.25) is 5.02 Å². The van der Waals surface area contributed by atoms with Gasteiger partial charge in [0.05, 0.1) is 24.9 Å². The number of carbonyl (C=O) groups excluding carboxylic acids is 1. The van der Waals surface area contributed by atoms with Gasteiger partial charge < -0.3 is 19.5 Å².